The van der Waals surface area contributed by atoms with E-state index in [1.807, 2.05) is 0 Å². The Morgan fingerprint density at radius 3 is 2.33 bits per heavy atom. The molecule has 0 aliphatic carbocycles. The average molecular weight is 245 g/mol. The average Bonchev–Trinajstić information content (AvgIpc) is 2.38. The fourth-order valence-corrected chi connectivity index (χ4v) is 1.88. The topological polar surface area (TPSA) is 12.0 Å². The molecule has 1 nitrogen and oxygen atoms in total. The van der Waals surface area contributed by atoms with Crippen LogP contribution in [0.4, 0.5) is 0 Å². The van der Waals surface area contributed by atoms with Gasteiger partial charge in [-0.05, 0) is 36.4 Å². The van der Waals surface area contributed by atoms with Gasteiger partial charge in [0.1, 0.15) is 0 Å². The molecule has 0 radical (unpaired) electrons. The molecule has 0 aliphatic heterocycles. The molecule has 100 valence electrons. The van der Waals surface area contributed by atoms with Gasteiger partial charge in [-0.2, -0.15) is 0 Å². The smallest absolute Gasteiger partial charge is 0.0167 e. The Balaban J connectivity index is 2.59. The van der Waals surface area contributed by atoms with Gasteiger partial charge in [-0.15, -0.1) is 0 Å². The molecule has 0 aromatic heterocycles. The summed E-state index contributed by atoms with van der Waals surface area (Å²) in [6.07, 6.45) is 4.54. The number of benzene rings is 1. The van der Waals surface area contributed by atoms with E-state index in [2.05, 4.69) is 63.4 Å². The molecule has 0 fully saturated rings. The second-order valence-electron chi connectivity index (χ2n) is 5.28. The molecule has 0 amide bonds. The van der Waals surface area contributed by atoms with Gasteiger partial charge in [-0.1, -0.05) is 63.6 Å². The highest BCUT2D eigenvalue weighted by atomic mass is 14.9. The van der Waals surface area contributed by atoms with E-state index in [1.54, 1.807) is 0 Å². The molecule has 1 aromatic rings. The van der Waals surface area contributed by atoms with Crippen LogP contribution in [0.3, 0.4) is 0 Å². The summed E-state index contributed by atoms with van der Waals surface area (Å²) in [7, 11) is 0. The van der Waals surface area contributed by atoms with E-state index in [4.69, 9.17) is 0 Å². The third-order valence-electron chi connectivity index (χ3n) is 3.12. The predicted molar refractivity (Wildman–Crippen MR) is 81.8 cm³/mol. The van der Waals surface area contributed by atoms with Gasteiger partial charge in [0, 0.05) is 6.54 Å². The van der Waals surface area contributed by atoms with Crippen molar-refractivity contribution < 1.29 is 0 Å². The van der Waals surface area contributed by atoms with Gasteiger partial charge < -0.3 is 5.32 Å². The normalized spacial score (nSPS) is 12.2. The molecule has 0 atom stereocenters. The lowest BCUT2D eigenvalue weighted by Gasteiger charge is -2.09. The summed E-state index contributed by atoms with van der Waals surface area (Å²) in [5, 5.41) is 3.51. The number of nitrogens with one attached hydrogen (secondary N) is 1. The maximum atomic E-state index is 3.51. The Kier molecular flexibility index (Phi) is 6.74. The Hall–Kier alpha value is -1.08. The highest BCUT2D eigenvalue weighted by Gasteiger charge is 1.98. The molecule has 0 saturated carbocycles. The van der Waals surface area contributed by atoms with E-state index in [-0.39, 0.29) is 0 Å². The summed E-state index contributed by atoms with van der Waals surface area (Å²) >= 11 is 0. The van der Waals surface area contributed by atoms with Crippen LogP contribution in [-0.4, -0.2) is 13.1 Å². The Morgan fingerprint density at radius 1 is 1.17 bits per heavy atom. The molecule has 18 heavy (non-hydrogen) atoms. The molecule has 1 rings (SSSR count). The van der Waals surface area contributed by atoms with E-state index in [0.29, 0.717) is 5.92 Å². The van der Waals surface area contributed by atoms with Crippen molar-refractivity contribution in [2.24, 2.45) is 5.92 Å². The minimum absolute atomic E-state index is 0.715. The van der Waals surface area contributed by atoms with Crippen molar-refractivity contribution in [2.45, 2.75) is 40.5 Å². The quantitative estimate of drug-likeness (QED) is 0.755. The predicted octanol–water partition coefficient (Wildman–Crippen LogP) is 4.29. The van der Waals surface area contributed by atoms with E-state index in [1.165, 1.54) is 16.7 Å². The lowest BCUT2D eigenvalue weighted by molar-refractivity contribution is 0.569. The first-order chi connectivity index (χ1) is 8.65. The van der Waals surface area contributed by atoms with E-state index < -0.39 is 0 Å². The Labute approximate surface area is 112 Å². The van der Waals surface area contributed by atoms with Crippen LogP contribution in [0.25, 0.3) is 6.08 Å². The minimum Gasteiger partial charge on any atom is -0.313 e. The molecule has 0 bridgehead atoms. The first-order valence-electron chi connectivity index (χ1n) is 7.14. The number of hydrogen-bond donors (Lipinski definition) is 1. The van der Waals surface area contributed by atoms with Gasteiger partial charge in [-0.25, -0.2) is 0 Å². The molecule has 0 aliphatic rings. The maximum Gasteiger partial charge on any atom is 0.0167 e. The van der Waals surface area contributed by atoms with Crippen LogP contribution in [0, 0.1) is 5.92 Å². The van der Waals surface area contributed by atoms with Crippen LogP contribution in [0.5, 0.6) is 0 Å². The molecule has 1 aromatic carbocycles. The zero-order valence-electron chi connectivity index (χ0n) is 12.3. The van der Waals surface area contributed by atoms with Crippen LogP contribution in [0.15, 0.2) is 29.8 Å². The second kappa shape index (κ2) is 8.10. The Bertz CT molecular complexity index is 360. The van der Waals surface area contributed by atoms with Crippen molar-refractivity contribution in [2.75, 3.05) is 13.1 Å². The minimum atomic E-state index is 0.715. The van der Waals surface area contributed by atoms with Crippen LogP contribution < -0.4 is 5.32 Å². The summed E-state index contributed by atoms with van der Waals surface area (Å²) in [5.41, 5.74) is 4.19. The zero-order chi connectivity index (χ0) is 13.4. The van der Waals surface area contributed by atoms with Crippen molar-refractivity contribution in [3.8, 4) is 0 Å². The first kappa shape index (κ1) is 15.0. The fourth-order valence-electron chi connectivity index (χ4n) is 1.88. The SMILES string of the molecule is CCC(=Cc1ccc(CC)cc1)CNCC(C)C. The summed E-state index contributed by atoms with van der Waals surface area (Å²) in [4.78, 5) is 0. The molecule has 1 N–H and O–H groups in total. The van der Waals surface area contributed by atoms with Crippen LogP contribution in [0.2, 0.25) is 0 Å². The lowest BCUT2D eigenvalue weighted by Crippen LogP contribution is -2.21. The highest BCUT2D eigenvalue weighted by molar-refractivity contribution is 5.53. The van der Waals surface area contributed by atoms with Gasteiger partial charge in [0.15, 0.2) is 0 Å². The third-order valence-corrected chi connectivity index (χ3v) is 3.12. The molecule has 0 spiro atoms. The van der Waals surface area contributed by atoms with Crippen LogP contribution in [-0.2, 0) is 6.42 Å². The number of aryl methyl sites for hydroxylation is 1. The first-order valence-corrected chi connectivity index (χ1v) is 7.14. The maximum absolute atomic E-state index is 3.51. The third kappa shape index (κ3) is 5.50. The van der Waals surface area contributed by atoms with Crippen molar-refractivity contribution in [1.29, 1.82) is 0 Å². The van der Waals surface area contributed by atoms with E-state index >= 15 is 0 Å². The number of hydrogen-bond acceptors (Lipinski definition) is 1. The summed E-state index contributed by atoms with van der Waals surface area (Å²) in [6.45, 7) is 11.0. The van der Waals surface area contributed by atoms with Crippen molar-refractivity contribution >= 4 is 6.08 Å². The van der Waals surface area contributed by atoms with Gasteiger partial charge in [0.2, 0.25) is 0 Å². The van der Waals surface area contributed by atoms with Gasteiger partial charge in [-0.3, -0.25) is 0 Å². The zero-order valence-corrected chi connectivity index (χ0v) is 12.3. The van der Waals surface area contributed by atoms with Crippen molar-refractivity contribution in [3.05, 3.63) is 41.0 Å². The molecule has 0 saturated heterocycles. The standard InChI is InChI=1S/C17H27N/c1-5-15-7-9-17(10-8-15)11-16(6-2)13-18-12-14(3)4/h7-11,14,18H,5-6,12-13H2,1-4H3. The van der Waals surface area contributed by atoms with E-state index in [0.717, 1.165) is 25.9 Å². The monoisotopic (exact) mass is 245 g/mol. The molecular formula is C17H27N. The van der Waals surface area contributed by atoms with Crippen molar-refractivity contribution in [1.82, 2.24) is 5.32 Å². The van der Waals surface area contributed by atoms with Crippen molar-refractivity contribution in [3.63, 3.8) is 0 Å². The highest BCUT2D eigenvalue weighted by Crippen LogP contribution is 2.11. The molecule has 0 unspecified atom stereocenters. The summed E-state index contributed by atoms with van der Waals surface area (Å²) in [5.74, 6) is 0.715. The lowest BCUT2D eigenvalue weighted by atomic mass is 10.1. The van der Waals surface area contributed by atoms with Gasteiger partial charge in [0.25, 0.3) is 0 Å². The van der Waals surface area contributed by atoms with Crippen LogP contribution >= 0.6 is 0 Å². The molecular weight excluding hydrogens is 218 g/mol. The fraction of sp³-hybridized carbons (Fsp3) is 0.529. The summed E-state index contributed by atoms with van der Waals surface area (Å²) < 4.78 is 0. The van der Waals surface area contributed by atoms with E-state index in [9.17, 15) is 0 Å². The summed E-state index contributed by atoms with van der Waals surface area (Å²) in [6, 6.07) is 8.88. The van der Waals surface area contributed by atoms with Gasteiger partial charge >= 0.3 is 0 Å². The molecule has 0 heterocycles. The second-order valence-corrected chi connectivity index (χ2v) is 5.28. The largest absolute Gasteiger partial charge is 0.313 e. The van der Waals surface area contributed by atoms with Gasteiger partial charge in [0.05, 0.1) is 0 Å². The van der Waals surface area contributed by atoms with Crippen LogP contribution in [0.1, 0.15) is 45.2 Å². The Morgan fingerprint density at radius 2 is 1.83 bits per heavy atom. The molecule has 1 heteroatoms. The number of rotatable bonds is 7.